The van der Waals surface area contributed by atoms with E-state index >= 15 is 0 Å². The van der Waals surface area contributed by atoms with Gasteiger partial charge >= 0.3 is 11.9 Å². The molecule has 1 amide bonds. The van der Waals surface area contributed by atoms with Gasteiger partial charge < -0.3 is 15.5 Å². The number of aliphatic carboxylic acids is 2. The maximum absolute atomic E-state index is 10.7. The third-order valence-electron chi connectivity index (χ3n) is 1.45. The molecule has 85 valence electrons. The van der Waals surface area contributed by atoms with Crippen LogP contribution in [0.2, 0.25) is 0 Å². The molecule has 7 heteroatoms. The summed E-state index contributed by atoms with van der Waals surface area (Å²) in [6, 6.07) is 0. The third kappa shape index (κ3) is 6.78. The van der Waals surface area contributed by atoms with Gasteiger partial charge in [-0.15, -0.1) is 11.8 Å². The first-order valence-corrected chi connectivity index (χ1v) is 5.13. The van der Waals surface area contributed by atoms with Crippen LogP contribution >= 0.6 is 11.8 Å². The zero-order chi connectivity index (χ0) is 11.8. The molecule has 0 bridgehead atoms. The molecule has 0 fully saturated rings. The lowest BCUT2D eigenvalue weighted by Gasteiger charge is -2.08. The Bertz CT molecular complexity index is 255. The number of carbonyl (C=O) groups is 3. The van der Waals surface area contributed by atoms with E-state index in [1.807, 2.05) is 0 Å². The Hall–Kier alpha value is -1.24. The van der Waals surface area contributed by atoms with E-state index in [1.54, 1.807) is 0 Å². The first kappa shape index (κ1) is 13.8. The molecule has 1 radical (unpaired) electrons. The second-order valence-electron chi connectivity index (χ2n) is 2.58. The molecule has 6 nitrogen and oxygen atoms in total. The molecule has 0 aromatic heterocycles. The highest BCUT2D eigenvalue weighted by atomic mass is 32.2. The predicted molar refractivity (Wildman–Crippen MR) is 54.5 cm³/mol. The molecule has 0 aliphatic rings. The fourth-order valence-electron chi connectivity index (χ4n) is 0.718. The van der Waals surface area contributed by atoms with Gasteiger partial charge in [0.15, 0.2) is 0 Å². The first-order valence-electron chi connectivity index (χ1n) is 4.08. The van der Waals surface area contributed by atoms with Gasteiger partial charge in [0.1, 0.15) is 5.25 Å². The van der Waals surface area contributed by atoms with Gasteiger partial charge in [0.2, 0.25) is 5.91 Å². The molecule has 3 N–H and O–H groups in total. The second kappa shape index (κ2) is 7.10. The van der Waals surface area contributed by atoms with Crippen molar-refractivity contribution in [2.75, 3.05) is 12.8 Å². The zero-order valence-electron chi connectivity index (χ0n) is 8.10. The maximum Gasteiger partial charge on any atom is 0.317 e. The smallest absolute Gasteiger partial charge is 0.317 e. The van der Waals surface area contributed by atoms with Gasteiger partial charge in [-0.05, 0) is 0 Å². The summed E-state index contributed by atoms with van der Waals surface area (Å²) >= 11 is 0.905. The molecule has 0 saturated carbocycles. The van der Waals surface area contributed by atoms with Gasteiger partial charge in [0, 0.05) is 12.8 Å². The van der Waals surface area contributed by atoms with E-state index in [-0.39, 0.29) is 11.7 Å². The number of amides is 1. The minimum atomic E-state index is -1.19. The molecule has 15 heavy (non-hydrogen) atoms. The number of thioether (sulfide) groups is 1. The Balaban J connectivity index is 3.91. The summed E-state index contributed by atoms with van der Waals surface area (Å²) in [6.07, 6.45) is 0.810. The molecule has 0 aromatic rings. The Morgan fingerprint density at radius 1 is 1.40 bits per heavy atom. The van der Waals surface area contributed by atoms with Crippen molar-refractivity contribution in [1.29, 1.82) is 0 Å². The molecule has 0 aliphatic heterocycles. The predicted octanol–water partition coefficient (Wildman–Crippen LogP) is -0.402. The molecular weight excluding hydrogens is 222 g/mol. The highest BCUT2D eigenvalue weighted by Gasteiger charge is 2.21. The van der Waals surface area contributed by atoms with Crippen LogP contribution in [0.15, 0.2) is 0 Å². The Morgan fingerprint density at radius 3 is 2.40 bits per heavy atom. The number of carboxylic acids is 2. The van der Waals surface area contributed by atoms with Crippen LogP contribution in [-0.4, -0.2) is 46.1 Å². The molecule has 0 spiro atoms. The van der Waals surface area contributed by atoms with Crippen LogP contribution in [0.3, 0.4) is 0 Å². The summed E-state index contributed by atoms with van der Waals surface area (Å²) in [5.41, 5.74) is 0. The summed E-state index contributed by atoms with van der Waals surface area (Å²) in [4.78, 5) is 31.6. The third-order valence-corrected chi connectivity index (χ3v) is 2.58. The minimum absolute atomic E-state index is 0.171. The molecular formula is C8H12NO5S. The zero-order valence-corrected chi connectivity index (χ0v) is 8.91. The molecule has 0 rings (SSSR count). The quantitative estimate of drug-likeness (QED) is 0.553. The lowest BCUT2D eigenvalue weighted by Crippen LogP contribution is -2.23. The fraction of sp³-hybridized carbons (Fsp3) is 0.500. The SMILES string of the molecule is CNC(=O)[CH]CSC(CC(=O)O)C(=O)O. The van der Waals surface area contributed by atoms with Crippen LogP contribution in [0.1, 0.15) is 6.42 Å². The van der Waals surface area contributed by atoms with Crippen molar-refractivity contribution in [2.24, 2.45) is 0 Å². The van der Waals surface area contributed by atoms with Crippen molar-refractivity contribution in [2.45, 2.75) is 11.7 Å². The second-order valence-corrected chi connectivity index (χ2v) is 3.81. The van der Waals surface area contributed by atoms with Gasteiger partial charge in [-0.25, -0.2) is 0 Å². The largest absolute Gasteiger partial charge is 0.481 e. The van der Waals surface area contributed by atoms with Crippen LogP contribution in [0.4, 0.5) is 0 Å². The van der Waals surface area contributed by atoms with E-state index < -0.39 is 23.6 Å². The topological polar surface area (TPSA) is 104 Å². The average molecular weight is 234 g/mol. The summed E-state index contributed by atoms with van der Waals surface area (Å²) in [5.74, 6) is -2.51. The van der Waals surface area contributed by atoms with Gasteiger partial charge in [-0.1, -0.05) is 0 Å². The van der Waals surface area contributed by atoms with E-state index in [4.69, 9.17) is 10.2 Å². The summed E-state index contributed by atoms with van der Waals surface area (Å²) in [5, 5.41) is 18.4. The van der Waals surface area contributed by atoms with Crippen molar-refractivity contribution >= 4 is 29.6 Å². The van der Waals surface area contributed by atoms with Crippen LogP contribution in [0.25, 0.3) is 0 Å². The summed E-state index contributed by atoms with van der Waals surface area (Å²) < 4.78 is 0. The molecule has 1 unspecified atom stereocenters. The molecule has 0 saturated heterocycles. The number of nitrogens with one attached hydrogen (secondary N) is 1. The highest BCUT2D eigenvalue weighted by Crippen LogP contribution is 2.15. The van der Waals surface area contributed by atoms with E-state index in [1.165, 1.54) is 13.5 Å². The van der Waals surface area contributed by atoms with Gasteiger partial charge in [-0.2, -0.15) is 0 Å². The van der Waals surface area contributed by atoms with Crippen LogP contribution < -0.4 is 5.32 Å². The lowest BCUT2D eigenvalue weighted by molar-refractivity contribution is -0.142. The molecule has 0 heterocycles. The molecule has 1 atom stereocenters. The minimum Gasteiger partial charge on any atom is -0.481 e. The Labute approximate surface area is 91.0 Å². The standard InChI is InChI=1S/C8H12NO5S/c1-9-6(10)2-3-15-5(8(13)14)4-7(11)12/h2,5H,3-4H2,1H3,(H,9,10)(H,11,12)(H,13,14). The van der Waals surface area contributed by atoms with Crippen molar-refractivity contribution in [1.82, 2.24) is 5.32 Å². The monoisotopic (exact) mass is 234 g/mol. The average Bonchev–Trinajstić information content (AvgIpc) is 2.15. The van der Waals surface area contributed by atoms with Gasteiger partial charge in [0.25, 0.3) is 0 Å². The van der Waals surface area contributed by atoms with E-state index in [9.17, 15) is 14.4 Å². The van der Waals surface area contributed by atoms with E-state index in [0.29, 0.717) is 0 Å². The van der Waals surface area contributed by atoms with Gasteiger partial charge in [-0.3, -0.25) is 14.4 Å². The van der Waals surface area contributed by atoms with Gasteiger partial charge in [0.05, 0.1) is 12.8 Å². The van der Waals surface area contributed by atoms with Crippen LogP contribution in [0.5, 0.6) is 0 Å². The van der Waals surface area contributed by atoms with Crippen molar-refractivity contribution in [3.63, 3.8) is 0 Å². The lowest BCUT2D eigenvalue weighted by atomic mass is 10.3. The fourth-order valence-corrected chi connectivity index (χ4v) is 1.60. The normalized spacial score (nSPS) is 11.8. The van der Waals surface area contributed by atoms with Crippen molar-refractivity contribution in [3.05, 3.63) is 6.42 Å². The van der Waals surface area contributed by atoms with Crippen LogP contribution in [0, 0.1) is 6.42 Å². The number of rotatable bonds is 7. The number of carboxylic acid groups (broad SMARTS) is 2. The number of carbonyl (C=O) groups excluding carboxylic acids is 1. The summed E-state index contributed by atoms with van der Waals surface area (Å²) in [6.45, 7) is 0. The van der Waals surface area contributed by atoms with Crippen molar-refractivity contribution < 1.29 is 24.6 Å². The Morgan fingerprint density at radius 2 is 2.00 bits per heavy atom. The molecule has 0 aromatic carbocycles. The maximum atomic E-state index is 10.7. The van der Waals surface area contributed by atoms with Crippen LogP contribution in [-0.2, 0) is 14.4 Å². The number of hydrogen-bond donors (Lipinski definition) is 3. The highest BCUT2D eigenvalue weighted by molar-refractivity contribution is 8.00. The summed E-state index contributed by atoms with van der Waals surface area (Å²) in [7, 11) is 1.45. The Kier molecular flexibility index (Phi) is 6.52. The van der Waals surface area contributed by atoms with Crippen molar-refractivity contribution in [3.8, 4) is 0 Å². The van der Waals surface area contributed by atoms with E-state index in [0.717, 1.165) is 11.8 Å². The van der Waals surface area contributed by atoms with E-state index in [2.05, 4.69) is 5.32 Å². The molecule has 0 aliphatic carbocycles. The first-order chi connectivity index (χ1) is 6.97. The number of hydrogen-bond acceptors (Lipinski definition) is 4.